The van der Waals surface area contributed by atoms with Crippen molar-refractivity contribution in [2.75, 3.05) is 12.8 Å². The SMILES string of the molecule is CCCS(=O)(=O)Oc1cccc(C2(c3ccc(F)c(-c4cccc(Cl)c4)c3)N=C(N)N(C)C2=O)c1. The molecule has 3 aromatic rings. The Balaban J connectivity index is 1.91. The Morgan fingerprint density at radius 1 is 1.09 bits per heavy atom. The maximum atomic E-state index is 14.9. The summed E-state index contributed by atoms with van der Waals surface area (Å²) >= 11 is 6.11. The number of halogens is 2. The summed E-state index contributed by atoms with van der Waals surface area (Å²) in [7, 11) is -2.33. The summed E-state index contributed by atoms with van der Waals surface area (Å²) in [5.41, 5.74) is 5.77. The highest BCUT2D eigenvalue weighted by Crippen LogP contribution is 2.42. The number of benzene rings is 3. The molecule has 10 heteroatoms. The van der Waals surface area contributed by atoms with Gasteiger partial charge in [0.1, 0.15) is 11.6 Å². The summed E-state index contributed by atoms with van der Waals surface area (Å²) in [5.74, 6) is -1.15. The number of nitrogens with zero attached hydrogens (tertiary/aromatic N) is 2. The van der Waals surface area contributed by atoms with Gasteiger partial charge in [-0.25, -0.2) is 9.38 Å². The number of guanidine groups is 1. The highest BCUT2D eigenvalue weighted by molar-refractivity contribution is 7.87. The van der Waals surface area contributed by atoms with Gasteiger partial charge in [-0.2, -0.15) is 8.42 Å². The van der Waals surface area contributed by atoms with E-state index in [-0.39, 0.29) is 23.0 Å². The lowest BCUT2D eigenvalue weighted by molar-refractivity contribution is -0.129. The number of nitrogens with two attached hydrogens (primary N) is 1. The van der Waals surface area contributed by atoms with Gasteiger partial charge < -0.3 is 9.92 Å². The van der Waals surface area contributed by atoms with Gasteiger partial charge in [-0.15, -0.1) is 0 Å². The maximum Gasteiger partial charge on any atom is 0.309 e. The van der Waals surface area contributed by atoms with Crippen LogP contribution < -0.4 is 9.92 Å². The van der Waals surface area contributed by atoms with Crippen LogP contribution in [0.4, 0.5) is 4.39 Å². The first kappa shape index (κ1) is 24.7. The average molecular weight is 516 g/mol. The molecular formula is C25H23ClFN3O4S. The Bertz CT molecular complexity index is 1440. The molecule has 4 rings (SSSR count). The highest BCUT2D eigenvalue weighted by atomic mass is 35.5. The number of amides is 1. The van der Waals surface area contributed by atoms with Crippen LogP contribution in [-0.2, 0) is 20.5 Å². The molecule has 0 saturated carbocycles. The second-order valence-corrected chi connectivity index (χ2v) is 10.2. The summed E-state index contributed by atoms with van der Waals surface area (Å²) in [4.78, 5) is 19.3. The van der Waals surface area contributed by atoms with Crippen molar-refractivity contribution in [3.8, 4) is 16.9 Å². The number of likely N-dealkylation sites (N-methyl/N-ethyl adjacent to an activating group) is 1. The van der Waals surface area contributed by atoms with Gasteiger partial charge in [-0.3, -0.25) is 9.69 Å². The average Bonchev–Trinajstić information content (AvgIpc) is 3.04. The van der Waals surface area contributed by atoms with Crippen LogP contribution in [0.2, 0.25) is 5.02 Å². The van der Waals surface area contributed by atoms with E-state index in [0.717, 1.165) is 0 Å². The van der Waals surface area contributed by atoms with E-state index in [1.807, 2.05) is 0 Å². The summed E-state index contributed by atoms with van der Waals surface area (Å²) in [6.45, 7) is 1.73. The van der Waals surface area contributed by atoms with E-state index in [1.54, 1.807) is 43.3 Å². The number of hydrogen-bond donors (Lipinski definition) is 1. The fourth-order valence-corrected chi connectivity index (χ4v) is 5.19. The summed E-state index contributed by atoms with van der Waals surface area (Å²) in [6.07, 6.45) is 0.387. The van der Waals surface area contributed by atoms with Crippen LogP contribution in [0.3, 0.4) is 0 Å². The summed E-state index contributed by atoms with van der Waals surface area (Å²) in [6, 6.07) is 17.0. The molecule has 0 saturated heterocycles. The molecule has 2 N–H and O–H groups in total. The van der Waals surface area contributed by atoms with Gasteiger partial charge >= 0.3 is 10.1 Å². The topological polar surface area (TPSA) is 102 Å². The zero-order chi connectivity index (χ0) is 25.4. The lowest BCUT2D eigenvalue weighted by atomic mass is 9.81. The van der Waals surface area contributed by atoms with Crippen molar-refractivity contribution in [2.45, 2.75) is 18.9 Å². The van der Waals surface area contributed by atoms with Crippen molar-refractivity contribution in [1.29, 1.82) is 0 Å². The van der Waals surface area contributed by atoms with E-state index in [0.29, 0.717) is 28.1 Å². The number of carbonyl (C=O) groups excluding carboxylic acids is 1. The van der Waals surface area contributed by atoms with Gasteiger partial charge in [0.25, 0.3) is 5.91 Å². The first-order chi connectivity index (χ1) is 16.6. The van der Waals surface area contributed by atoms with Crippen LogP contribution in [-0.4, -0.2) is 38.0 Å². The lowest BCUT2D eigenvalue weighted by Gasteiger charge is -2.27. The first-order valence-corrected chi connectivity index (χ1v) is 12.7. The van der Waals surface area contributed by atoms with Gasteiger partial charge in [0, 0.05) is 17.6 Å². The zero-order valence-corrected chi connectivity index (χ0v) is 20.6. The van der Waals surface area contributed by atoms with Crippen LogP contribution in [0, 0.1) is 5.82 Å². The standard InChI is InChI=1S/C25H23ClFN3O4S/c1-3-12-35(32,33)34-20-9-5-7-17(14-20)25(23(31)30(2)24(28)29-25)18-10-11-22(27)21(15-18)16-6-4-8-19(26)13-16/h4-11,13-15H,3,12H2,1-2H3,(H2,28,29). The molecule has 7 nitrogen and oxygen atoms in total. The second-order valence-electron chi connectivity index (χ2n) is 8.12. The molecule has 0 fully saturated rings. The number of aliphatic imine (C=N–C) groups is 1. The minimum atomic E-state index is -3.81. The van der Waals surface area contributed by atoms with Crippen LogP contribution in [0.25, 0.3) is 11.1 Å². The Morgan fingerprint density at radius 3 is 2.46 bits per heavy atom. The number of hydrogen-bond acceptors (Lipinski definition) is 6. The molecular weight excluding hydrogens is 493 g/mol. The monoisotopic (exact) mass is 515 g/mol. The maximum absolute atomic E-state index is 14.9. The van der Waals surface area contributed by atoms with Crippen LogP contribution in [0.5, 0.6) is 5.75 Å². The van der Waals surface area contributed by atoms with E-state index in [1.165, 1.54) is 42.3 Å². The van der Waals surface area contributed by atoms with Crippen molar-refractivity contribution < 1.29 is 21.8 Å². The molecule has 1 amide bonds. The minimum absolute atomic E-state index is 0.0311. The van der Waals surface area contributed by atoms with E-state index >= 15 is 0 Å². The van der Waals surface area contributed by atoms with Gasteiger partial charge in [-0.1, -0.05) is 48.9 Å². The fourth-order valence-electron chi connectivity index (χ4n) is 4.02. The molecule has 1 aliphatic heterocycles. The van der Waals surface area contributed by atoms with E-state index < -0.39 is 27.4 Å². The third-order valence-corrected chi connectivity index (χ3v) is 7.28. The third-order valence-electron chi connectivity index (χ3n) is 5.69. The normalized spacial score (nSPS) is 18.0. The molecule has 1 atom stereocenters. The second kappa shape index (κ2) is 9.31. The molecule has 182 valence electrons. The Kier molecular flexibility index (Phi) is 6.57. The molecule has 1 aliphatic rings. The molecule has 35 heavy (non-hydrogen) atoms. The van der Waals surface area contributed by atoms with Crippen molar-refractivity contribution in [1.82, 2.24) is 4.90 Å². The van der Waals surface area contributed by atoms with E-state index in [9.17, 15) is 17.6 Å². The molecule has 0 radical (unpaired) electrons. The minimum Gasteiger partial charge on any atom is -0.382 e. The molecule has 0 aromatic heterocycles. The highest BCUT2D eigenvalue weighted by Gasteiger charge is 2.50. The Labute approximate surface area is 208 Å². The lowest BCUT2D eigenvalue weighted by Crippen LogP contribution is -2.41. The van der Waals surface area contributed by atoms with Gasteiger partial charge in [0.2, 0.25) is 0 Å². The van der Waals surface area contributed by atoms with Crippen LogP contribution in [0.15, 0.2) is 71.7 Å². The summed E-state index contributed by atoms with van der Waals surface area (Å²) < 4.78 is 44.6. The molecule has 1 heterocycles. The predicted octanol–water partition coefficient (Wildman–Crippen LogP) is 4.30. The van der Waals surface area contributed by atoms with Crippen molar-refractivity contribution in [2.24, 2.45) is 10.7 Å². The zero-order valence-electron chi connectivity index (χ0n) is 19.0. The van der Waals surface area contributed by atoms with Gasteiger partial charge in [0.15, 0.2) is 11.5 Å². The molecule has 3 aromatic carbocycles. The molecule has 1 unspecified atom stereocenters. The molecule has 0 bridgehead atoms. The van der Waals surface area contributed by atoms with Crippen molar-refractivity contribution >= 4 is 33.6 Å². The Morgan fingerprint density at radius 2 is 1.80 bits per heavy atom. The van der Waals surface area contributed by atoms with Crippen molar-refractivity contribution in [3.05, 3.63) is 88.7 Å². The van der Waals surface area contributed by atoms with Crippen LogP contribution >= 0.6 is 11.6 Å². The largest absolute Gasteiger partial charge is 0.382 e. The third kappa shape index (κ3) is 4.61. The quantitative estimate of drug-likeness (QED) is 0.473. The Hall–Kier alpha value is -3.43. The van der Waals surface area contributed by atoms with Gasteiger partial charge in [-0.05, 0) is 59.5 Å². The molecule has 0 spiro atoms. The number of carbonyl (C=O) groups is 1. The van der Waals surface area contributed by atoms with E-state index in [4.69, 9.17) is 21.5 Å². The first-order valence-electron chi connectivity index (χ1n) is 10.8. The van der Waals surface area contributed by atoms with Crippen LogP contribution in [0.1, 0.15) is 24.5 Å². The number of rotatable bonds is 7. The fraction of sp³-hybridized carbons (Fsp3) is 0.200. The van der Waals surface area contributed by atoms with E-state index in [2.05, 4.69) is 4.99 Å². The smallest absolute Gasteiger partial charge is 0.309 e. The predicted molar refractivity (Wildman–Crippen MR) is 133 cm³/mol. The van der Waals surface area contributed by atoms with Gasteiger partial charge in [0.05, 0.1) is 5.75 Å². The summed E-state index contributed by atoms with van der Waals surface area (Å²) in [5, 5.41) is 0.430. The molecule has 0 aliphatic carbocycles. The van der Waals surface area contributed by atoms with Crippen molar-refractivity contribution in [3.63, 3.8) is 0 Å².